The summed E-state index contributed by atoms with van der Waals surface area (Å²) in [6.07, 6.45) is 0.263. The molecule has 1 rings (SSSR count). The number of halogens is 5. The van der Waals surface area contributed by atoms with Gasteiger partial charge in [-0.25, -0.2) is 0 Å². The standard InChI is InChI=1S/C8H3Cl5S2/c9-4-2(1-3(14)15)5(10)7(12)8(13)6(4)11/h1H2,(H,14,15)/p-1. The maximum Gasteiger partial charge on any atom is 0.0809 e. The smallest absolute Gasteiger partial charge is 0.0809 e. The zero-order chi connectivity index (χ0) is 11.7. The summed E-state index contributed by atoms with van der Waals surface area (Å²) in [5, 5.41) is 0.932. The van der Waals surface area contributed by atoms with E-state index in [4.69, 9.17) is 82.9 Å². The Balaban J connectivity index is 3.45. The van der Waals surface area contributed by atoms with Gasteiger partial charge in [0, 0.05) is 0 Å². The fourth-order valence-corrected chi connectivity index (χ4v) is 2.55. The summed E-state index contributed by atoms with van der Waals surface area (Å²) in [5.41, 5.74) is 0.512. The Morgan fingerprint density at radius 2 is 1.20 bits per heavy atom. The van der Waals surface area contributed by atoms with Gasteiger partial charge >= 0.3 is 0 Å². The van der Waals surface area contributed by atoms with E-state index in [1.165, 1.54) is 0 Å². The lowest BCUT2D eigenvalue weighted by atomic mass is 10.1. The summed E-state index contributed by atoms with van der Waals surface area (Å²) in [7, 11) is 0. The van der Waals surface area contributed by atoms with Gasteiger partial charge in [0.2, 0.25) is 0 Å². The summed E-state index contributed by atoms with van der Waals surface area (Å²) in [6.45, 7) is 0. The van der Waals surface area contributed by atoms with Crippen molar-refractivity contribution in [3.63, 3.8) is 0 Å². The summed E-state index contributed by atoms with van der Waals surface area (Å²) < 4.78 is 0.327. The third-order valence-electron chi connectivity index (χ3n) is 1.62. The lowest BCUT2D eigenvalue weighted by Gasteiger charge is -2.13. The van der Waals surface area contributed by atoms with Crippen molar-refractivity contribution in [1.82, 2.24) is 0 Å². The minimum atomic E-state index is 0.132. The van der Waals surface area contributed by atoms with Crippen molar-refractivity contribution < 1.29 is 0 Å². The Morgan fingerprint density at radius 1 is 0.867 bits per heavy atom. The fourth-order valence-electron chi connectivity index (χ4n) is 0.950. The third kappa shape index (κ3) is 3.01. The fraction of sp³-hybridized carbons (Fsp3) is 0.125. The molecule has 0 aliphatic carbocycles. The van der Waals surface area contributed by atoms with Crippen molar-refractivity contribution in [3.05, 3.63) is 30.7 Å². The molecule has 0 aliphatic heterocycles. The van der Waals surface area contributed by atoms with Crippen LogP contribution in [0.15, 0.2) is 0 Å². The predicted octanol–water partition coefficient (Wildman–Crippen LogP) is 5.37. The molecule has 0 amide bonds. The highest BCUT2D eigenvalue weighted by atomic mass is 35.5. The topological polar surface area (TPSA) is 0 Å². The van der Waals surface area contributed by atoms with Gasteiger partial charge in [-0.2, -0.15) is 0 Å². The molecule has 0 saturated heterocycles. The van der Waals surface area contributed by atoms with Crippen molar-refractivity contribution in [3.8, 4) is 0 Å². The van der Waals surface area contributed by atoms with Crippen LogP contribution in [0.1, 0.15) is 5.56 Å². The molecule has 82 valence electrons. The summed E-state index contributed by atoms with van der Waals surface area (Å²) in [5.74, 6) is 0. The number of hydrogen-bond donors (Lipinski definition) is 0. The van der Waals surface area contributed by atoms with Gasteiger partial charge < -0.3 is 24.8 Å². The van der Waals surface area contributed by atoms with Crippen molar-refractivity contribution >= 4 is 87.0 Å². The zero-order valence-corrected chi connectivity index (χ0v) is 12.3. The van der Waals surface area contributed by atoms with Crippen LogP contribution in [0.3, 0.4) is 0 Å². The van der Waals surface area contributed by atoms with Crippen LogP contribution in [0.5, 0.6) is 0 Å². The van der Waals surface area contributed by atoms with Gasteiger partial charge in [0.05, 0.1) is 25.1 Å². The molecule has 1 aromatic rings. The van der Waals surface area contributed by atoms with Gasteiger partial charge in [0.25, 0.3) is 0 Å². The molecule has 15 heavy (non-hydrogen) atoms. The van der Waals surface area contributed by atoms with Gasteiger partial charge in [-0.15, -0.1) is 4.20 Å². The number of rotatable bonds is 2. The average Bonchev–Trinajstić information content (AvgIpc) is 2.18. The molecule has 0 N–H and O–H groups in total. The van der Waals surface area contributed by atoms with E-state index in [1.807, 2.05) is 0 Å². The van der Waals surface area contributed by atoms with E-state index in [1.54, 1.807) is 0 Å². The number of benzene rings is 1. The second-order valence-electron chi connectivity index (χ2n) is 2.60. The molecule has 0 bridgehead atoms. The van der Waals surface area contributed by atoms with Crippen LogP contribution >= 0.6 is 70.2 Å². The third-order valence-corrected chi connectivity index (χ3v) is 4.27. The molecule has 0 aliphatic rings. The molecule has 0 spiro atoms. The van der Waals surface area contributed by atoms with Crippen molar-refractivity contribution in [1.29, 1.82) is 0 Å². The second kappa shape index (κ2) is 5.54. The molecular formula is C8H2Cl5S2-. The molecule has 0 atom stereocenters. The first kappa shape index (κ1) is 14.0. The van der Waals surface area contributed by atoms with Crippen molar-refractivity contribution in [2.24, 2.45) is 0 Å². The van der Waals surface area contributed by atoms with Crippen LogP contribution in [0.2, 0.25) is 25.1 Å². The van der Waals surface area contributed by atoms with Gasteiger partial charge in [-0.3, -0.25) is 0 Å². The number of hydrogen-bond acceptors (Lipinski definition) is 2. The van der Waals surface area contributed by atoms with E-state index < -0.39 is 0 Å². The Labute approximate surface area is 123 Å². The van der Waals surface area contributed by atoms with Crippen LogP contribution in [-0.2, 0) is 19.0 Å². The number of thiocarbonyl (C=S) groups is 1. The Hall–Kier alpha value is 0.980. The van der Waals surface area contributed by atoms with E-state index in [9.17, 15) is 0 Å². The molecular weight excluding hydrogens is 337 g/mol. The normalized spacial score (nSPS) is 10.5. The summed E-state index contributed by atoms with van der Waals surface area (Å²) in [6, 6.07) is 0. The first-order valence-electron chi connectivity index (χ1n) is 3.56. The summed E-state index contributed by atoms with van der Waals surface area (Å²) >= 11 is 39.0. The zero-order valence-electron chi connectivity index (χ0n) is 6.91. The van der Waals surface area contributed by atoms with Crippen LogP contribution in [0.4, 0.5) is 0 Å². The van der Waals surface area contributed by atoms with Crippen LogP contribution in [0, 0.1) is 0 Å². The highest BCUT2D eigenvalue weighted by Gasteiger charge is 2.18. The molecule has 1 aromatic carbocycles. The minimum Gasteiger partial charge on any atom is -0.433 e. The van der Waals surface area contributed by atoms with Gasteiger partial charge in [-0.05, 0) is 12.0 Å². The first-order chi connectivity index (χ1) is 6.86. The van der Waals surface area contributed by atoms with E-state index in [0.29, 0.717) is 9.76 Å². The molecule has 7 heteroatoms. The molecule has 0 nitrogen and oxygen atoms in total. The average molecular weight is 340 g/mol. The highest BCUT2D eigenvalue weighted by molar-refractivity contribution is 8.00. The van der Waals surface area contributed by atoms with Crippen molar-refractivity contribution in [2.45, 2.75) is 6.42 Å². The van der Waals surface area contributed by atoms with Crippen LogP contribution in [-0.4, -0.2) is 4.20 Å². The van der Waals surface area contributed by atoms with Crippen LogP contribution < -0.4 is 0 Å². The van der Waals surface area contributed by atoms with E-state index in [-0.39, 0.29) is 31.5 Å². The minimum absolute atomic E-state index is 0.132. The monoisotopic (exact) mass is 337 g/mol. The molecule has 0 heterocycles. The molecule has 0 fully saturated rings. The van der Waals surface area contributed by atoms with Gasteiger partial charge in [0.1, 0.15) is 0 Å². The molecule has 0 aromatic heterocycles. The van der Waals surface area contributed by atoms with Gasteiger partial charge in [-0.1, -0.05) is 58.0 Å². The largest absolute Gasteiger partial charge is 0.433 e. The van der Waals surface area contributed by atoms with Crippen LogP contribution in [0.25, 0.3) is 0 Å². The SMILES string of the molecule is S=C([S-])Cc1c(Cl)c(Cl)c(Cl)c(Cl)c1Cl. The lowest BCUT2D eigenvalue weighted by Crippen LogP contribution is -1.98. The molecule has 0 radical (unpaired) electrons. The second-order valence-corrected chi connectivity index (χ2v) is 5.73. The summed E-state index contributed by atoms with van der Waals surface area (Å²) in [4.78, 5) is 0. The predicted molar refractivity (Wildman–Crippen MR) is 75.2 cm³/mol. The van der Waals surface area contributed by atoms with Crippen molar-refractivity contribution in [2.75, 3.05) is 0 Å². The van der Waals surface area contributed by atoms with Gasteiger partial charge in [0.15, 0.2) is 0 Å². The maximum absolute atomic E-state index is 5.95. The Bertz CT molecular complexity index is 401. The van der Waals surface area contributed by atoms with E-state index in [0.717, 1.165) is 0 Å². The Morgan fingerprint density at radius 3 is 1.53 bits per heavy atom. The molecule has 0 saturated carbocycles. The first-order valence-corrected chi connectivity index (χ1v) is 6.27. The lowest BCUT2D eigenvalue weighted by molar-refractivity contribution is 1.37. The quantitative estimate of drug-likeness (QED) is 0.307. The van der Waals surface area contributed by atoms with E-state index in [2.05, 4.69) is 0 Å². The van der Waals surface area contributed by atoms with E-state index >= 15 is 0 Å². The highest BCUT2D eigenvalue weighted by Crippen LogP contribution is 2.44. The maximum atomic E-state index is 5.95. The Kier molecular flexibility index (Phi) is 5.19. The molecule has 0 unspecified atom stereocenters.